The summed E-state index contributed by atoms with van der Waals surface area (Å²) in [7, 11) is 0. The lowest BCUT2D eigenvalue weighted by Gasteiger charge is -2.37. The molecule has 1 aliphatic heterocycles. The van der Waals surface area contributed by atoms with Gasteiger partial charge in [-0.3, -0.25) is 9.69 Å². The summed E-state index contributed by atoms with van der Waals surface area (Å²) < 4.78 is 5.15. The minimum absolute atomic E-state index is 0.257. The number of hydrogen-bond donors (Lipinski definition) is 1. The van der Waals surface area contributed by atoms with Crippen LogP contribution >= 0.6 is 23.2 Å². The maximum atomic E-state index is 13.1. The van der Waals surface area contributed by atoms with Crippen LogP contribution in [0.4, 0.5) is 11.4 Å². The quantitative estimate of drug-likeness (QED) is 0.409. The van der Waals surface area contributed by atoms with Crippen LogP contribution in [0.3, 0.4) is 0 Å². The van der Waals surface area contributed by atoms with Crippen LogP contribution in [0.25, 0.3) is 0 Å². The Kier molecular flexibility index (Phi) is 8.29. The van der Waals surface area contributed by atoms with Crippen LogP contribution in [-0.4, -0.2) is 49.6 Å². The number of nitrogens with zero attached hydrogens (tertiary/aromatic N) is 2. The summed E-state index contributed by atoms with van der Waals surface area (Å²) in [6, 6.07) is 20.4. The molecule has 0 saturated carbocycles. The van der Waals surface area contributed by atoms with Gasteiger partial charge >= 0.3 is 5.97 Å². The first-order chi connectivity index (χ1) is 16.9. The lowest BCUT2D eigenvalue weighted by atomic mass is 10.1. The molecule has 0 unspecified atom stereocenters. The molecule has 3 aromatic rings. The number of hydrogen-bond acceptors (Lipinski definition) is 5. The Labute approximate surface area is 215 Å². The highest BCUT2D eigenvalue weighted by molar-refractivity contribution is 6.37. The molecule has 4 rings (SSSR count). The van der Waals surface area contributed by atoms with Gasteiger partial charge in [0.1, 0.15) is 0 Å². The maximum absolute atomic E-state index is 13.1. The number of nitrogens with one attached hydrogen (secondary N) is 1. The van der Waals surface area contributed by atoms with E-state index in [2.05, 4.69) is 39.4 Å². The minimum atomic E-state index is -0.438. The van der Waals surface area contributed by atoms with E-state index in [9.17, 15) is 9.59 Å². The molecule has 1 heterocycles. The normalized spacial score (nSPS) is 14.0. The highest BCUT2D eigenvalue weighted by Gasteiger charge is 2.22. The van der Waals surface area contributed by atoms with Gasteiger partial charge in [-0.05, 0) is 48.9 Å². The van der Waals surface area contributed by atoms with E-state index in [1.165, 1.54) is 11.6 Å². The van der Waals surface area contributed by atoms with Gasteiger partial charge in [0.05, 0.1) is 34.1 Å². The average Bonchev–Trinajstić information content (AvgIpc) is 2.85. The Morgan fingerprint density at radius 3 is 2.37 bits per heavy atom. The number of esters is 1. The standard InChI is InChI=1S/C27H27Cl2N3O3/c1-2-35-27(34)20-8-11-25(24(16-20)30-26(33)22-10-9-21(28)17-23(22)29)32-14-12-31(13-15-32)18-19-6-4-3-5-7-19/h3-11,16-17H,2,12-15,18H2,1H3,(H,30,33). The summed E-state index contributed by atoms with van der Waals surface area (Å²) in [5.41, 5.74) is 3.33. The number of carbonyl (C=O) groups excluding carboxylic acids is 2. The van der Waals surface area contributed by atoms with Gasteiger partial charge < -0.3 is 15.0 Å². The monoisotopic (exact) mass is 511 g/mol. The molecular weight excluding hydrogens is 485 g/mol. The molecule has 3 aromatic carbocycles. The van der Waals surface area contributed by atoms with Crippen molar-refractivity contribution in [2.45, 2.75) is 13.5 Å². The zero-order chi connectivity index (χ0) is 24.8. The number of amides is 1. The molecule has 0 aliphatic carbocycles. The molecule has 1 fully saturated rings. The second kappa shape index (κ2) is 11.6. The number of piperazine rings is 1. The number of halogens is 2. The maximum Gasteiger partial charge on any atom is 0.338 e. The number of carbonyl (C=O) groups is 2. The van der Waals surface area contributed by atoms with Gasteiger partial charge in [-0.2, -0.15) is 0 Å². The van der Waals surface area contributed by atoms with E-state index in [0.717, 1.165) is 38.4 Å². The summed E-state index contributed by atoms with van der Waals surface area (Å²) in [6.45, 7) is 6.26. The first-order valence-corrected chi connectivity index (χ1v) is 12.3. The van der Waals surface area contributed by atoms with Crippen molar-refractivity contribution in [1.29, 1.82) is 0 Å². The van der Waals surface area contributed by atoms with Gasteiger partial charge in [-0.25, -0.2) is 4.79 Å². The van der Waals surface area contributed by atoms with Crippen molar-refractivity contribution in [3.05, 3.63) is 93.5 Å². The second-order valence-electron chi connectivity index (χ2n) is 8.28. The van der Waals surface area contributed by atoms with Crippen LogP contribution in [-0.2, 0) is 11.3 Å². The van der Waals surface area contributed by atoms with E-state index < -0.39 is 5.97 Å². The van der Waals surface area contributed by atoms with Crippen LogP contribution in [0, 0.1) is 0 Å². The van der Waals surface area contributed by atoms with Gasteiger partial charge in [0, 0.05) is 37.7 Å². The zero-order valence-corrected chi connectivity index (χ0v) is 21.0. The fourth-order valence-electron chi connectivity index (χ4n) is 4.11. The van der Waals surface area contributed by atoms with Gasteiger partial charge in [0.15, 0.2) is 0 Å². The Hall–Kier alpha value is -3.06. The summed E-state index contributed by atoms with van der Waals surface area (Å²) in [5, 5.41) is 3.65. The Morgan fingerprint density at radius 1 is 0.943 bits per heavy atom. The fraction of sp³-hybridized carbons (Fsp3) is 0.259. The Morgan fingerprint density at radius 2 is 1.69 bits per heavy atom. The number of benzene rings is 3. The molecule has 1 saturated heterocycles. The van der Waals surface area contributed by atoms with Crippen molar-refractivity contribution in [3.63, 3.8) is 0 Å². The highest BCUT2D eigenvalue weighted by atomic mass is 35.5. The van der Waals surface area contributed by atoms with Crippen LogP contribution < -0.4 is 10.2 Å². The predicted molar refractivity (Wildman–Crippen MR) is 141 cm³/mol. The third-order valence-electron chi connectivity index (χ3n) is 5.89. The second-order valence-corrected chi connectivity index (χ2v) is 9.12. The topological polar surface area (TPSA) is 61.9 Å². The number of anilines is 2. The minimum Gasteiger partial charge on any atom is -0.462 e. The van der Waals surface area contributed by atoms with Gasteiger partial charge in [-0.15, -0.1) is 0 Å². The molecule has 1 amide bonds. The lowest BCUT2D eigenvalue weighted by molar-refractivity contribution is 0.0526. The molecule has 35 heavy (non-hydrogen) atoms. The molecule has 6 nitrogen and oxygen atoms in total. The van der Waals surface area contributed by atoms with Crippen LogP contribution in [0.15, 0.2) is 66.7 Å². The number of ether oxygens (including phenoxy) is 1. The lowest BCUT2D eigenvalue weighted by Crippen LogP contribution is -2.46. The van der Waals surface area contributed by atoms with E-state index in [1.807, 2.05) is 12.1 Å². The molecule has 0 radical (unpaired) electrons. The molecule has 0 atom stereocenters. The largest absolute Gasteiger partial charge is 0.462 e. The van der Waals surface area contributed by atoms with Gasteiger partial charge in [0.25, 0.3) is 5.91 Å². The van der Waals surface area contributed by atoms with Crippen molar-refractivity contribution in [2.75, 3.05) is 43.0 Å². The van der Waals surface area contributed by atoms with Crippen molar-refractivity contribution in [2.24, 2.45) is 0 Å². The highest BCUT2D eigenvalue weighted by Crippen LogP contribution is 2.30. The summed E-state index contributed by atoms with van der Waals surface area (Å²) in [4.78, 5) is 30.0. The van der Waals surface area contributed by atoms with Crippen molar-refractivity contribution in [3.8, 4) is 0 Å². The fourth-order valence-corrected chi connectivity index (χ4v) is 4.60. The molecule has 0 bridgehead atoms. The van der Waals surface area contributed by atoms with E-state index in [1.54, 1.807) is 31.2 Å². The summed E-state index contributed by atoms with van der Waals surface area (Å²) in [5.74, 6) is -0.816. The van der Waals surface area contributed by atoms with Gasteiger partial charge in [-0.1, -0.05) is 53.5 Å². The van der Waals surface area contributed by atoms with Crippen molar-refractivity contribution < 1.29 is 14.3 Å². The molecular formula is C27H27Cl2N3O3. The average molecular weight is 512 g/mol. The summed E-state index contributed by atoms with van der Waals surface area (Å²) in [6.07, 6.45) is 0. The van der Waals surface area contributed by atoms with Crippen molar-refractivity contribution in [1.82, 2.24) is 4.90 Å². The SMILES string of the molecule is CCOC(=O)c1ccc(N2CCN(Cc3ccccc3)CC2)c(NC(=O)c2ccc(Cl)cc2Cl)c1. The van der Waals surface area contributed by atoms with Crippen LogP contribution in [0.1, 0.15) is 33.2 Å². The van der Waals surface area contributed by atoms with E-state index in [4.69, 9.17) is 27.9 Å². The first-order valence-electron chi connectivity index (χ1n) is 11.5. The first kappa shape index (κ1) is 25.0. The molecule has 8 heteroatoms. The predicted octanol–water partition coefficient (Wildman–Crippen LogP) is 5.74. The Balaban J connectivity index is 1.54. The van der Waals surface area contributed by atoms with E-state index in [0.29, 0.717) is 21.8 Å². The number of rotatable bonds is 7. The molecule has 1 N–H and O–H groups in total. The molecule has 182 valence electrons. The summed E-state index contributed by atoms with van der Waals surface area (Å²) >= 11 is 12.2. The van der Waals surface area contributed by atoms with Crippen LogP contribution in [0.2, 0.25) is 10.0 Å². The smallest absolute Gasteiger partial charge is 0.338 e. The zero-order valence-electron chi connectivity index (χ0n) is 19.5. The van der Waals surface area contributed by atoms with Gasteiger partial charge in [0.2, 0.25) is 0 Å². The Bertz CT molecular complexity index is 1200. The third kappa shape index (κ3) is 6.34. The van der Waals surface area contributed by atoms with E-state index in [-0.39, 0.29) is 17.5 Å². The molecule has 0 aromatic heterocycles. The molecule has 1 aliphatic rings. The van der Waals surface area contributed by atoms with Crippen molar-refractivity contribution >= 4 is 46.5 Å². The van der Waals surface area contributed by atoms with E-state index >= 15 is 0 Å². The van der Waals surface area contributed by atoms with Crippen LogP contribution in [0.5, 0.6) is 0 Å². The molecule has 0 spiro atoms. The third-order valence-corrected chi connectivity index (χ3v) is 6.44.